The van der Waals surface area contributed by atoms with Crippen LogP contribution in [-0.2, 0) is 13.0 Å². The van der Waals surface area contributed by atoms with E-state index in [2.05, 4.69) is 20.6 Å². The summed E-state index contributed by atoms with van der Waals surface area (Å²) in [6, 6.07) is 6.24. The van der Waals surface area contributed by atoms with Gasteiger partial charge in [-0.15, -0.1) is 0 Å². The van der Waals surface area contributed by atoms with Crippen molar-refractivity contribution in [1.82, 2.24) is 14.5 Å². The van der Waals surface area contributed by atoms with Crippen LogP contribution in [0.4, 0.5) is 4.39 Å². The highest BCUT2D eigenvalue weighted by Gasteiger charge is 2.28. The summed E-state index contributed by atoms with van der Waals surface area (Å²) >= 11 is 0. The quantitative estimate of drug-likeness (QED) is 0.838. The molecule has 1 saturated carbocycles. The Hall–Kier alpha value is -1.68. The maximum atomic E-state index is 13.4. The summed E-state index contributed by atoms with van der Waals surface area (Å²) in [7, 11) is 0. The smallest absolute Gasteiger partial charge is 0.126 e. The van der Waals surface area contributed by atoms with Crippen LogP contribution in [0.5, 0.6) is 0 Å². The van der Waals surface area contributed by atoms with Crippen LogP contribution >= 0.6 is 0 Å². The third-order valence-electron chi connectivity index (χ3n) is 5.17. The number of nitrogens with zero attached hydrogens (tertiary/aromatic N) is 3. The molecule has 2 fully saturated rings. The van der Waals surface area contributed by atoms with Crippen LogP contribution < -0.4 is 0 Å². The van der Waals surface area contributed by atoms with E-state index in [1.54, 1.807) is 6.07 Å². The molecule has 0 bridgehead atoms. The highest BCUT2D eigenvalue weighted by molar-refractivity contribution is 5.24. The Morgan fingerprint density at radius 1 is 1.26 bits per heavy atom. The number of benzene rings is 1. The van der Waals surface area contributed by atoms with Gasteiger partial charge >= 0.3 is 0 Å². The fourth-order valence-electron chi connectivity index (χ4n) is 3.74. The van der Waals surface area contributed by atoms with E-state index in [4.69, 9.17) is 0 Å². The number of halogens is 1. The fraction of sp³-hybridized carbons (Fsp3) is 0.526. The number of aromatic nitrogens is 2. The van der Waals surface area contributed by atoms with E-state index in [1.807, 2.05) is 25.3 Å². The molecule has 2 heterocycles. The molecule has 3 nitrogen and oxygen atoms in total. The summed E-state index contributed by atoms with van der Waals surface area (Å²) in [5.41, 5.74) is 2.01. The lowest BCUT2D eigenvalue weighted by molar-refractivity contribution is 0.303. The molecule has 1 atom stereocenters. The van der Waals surface area contributed by atoms with Crippen molar-refractivity contribution in [2.24, 2.45) is 5.92 Å². The van der Waals surface area contributed by atoms with Gasteiger partial charge in [0.15, 0.2) is 0 Å². The second-order valence-corrected chi connectivity index (χ2v) is 7.16. The minimum Gasteiger partial charge on any atom is -0.331 e. The lowest BCUT2D eigenvalue weighted by Crippen LogP contribution is -2.22. The van der Waals surface area contributed by atoms with Gasteiger partial charge < -0.3 is 4.57 Å². The minimum atomic E-state index is -0.103. The second-order valence-electron chi connectivity index (χ2n) is 7.16. The number of hydrogen-bond acceptors (Lipinski definition) is 2. The Morgan fingerprint density at radius 3 is 2.91 bits per heavy atom. The minimum absolute atomic E-state index is 0.103. The first-order valence-corrected chi connectivity index (χ1v) is 8.68. The molecule has 1 aliphatic heterocycles. The Kier molecular flexibility index (Phi) is 3.93. The van der Waals surface area contributed by atoms with Gasteiger partial charge in [0.2, 0.25) is 0 Å². The van der Waals surface area contributed by atoms with Gasteiger partial charge in [-0.3, -0.25) is 4.90 Å². The van der Waals surface area contributed by atoms with Gasteiger partial charge in [0.1, 0.15) is 11.6 Å². The summed E-state index contributed by atoms with van der Waals surface area (Å²) in [4.78, 5) is 7.07. The van der Waals surface area contributed by atoms with Gasteiger partial charge in [-0.1, -0.05) is 12.1 Å². The molecule has 1 aromatic heterocycles. The van der Waals surface area contributed by atoms with Gasteiger partial charge in [-0.2, -0.15) is 0 Å². The van der Waals surface area contributed by atoms with E-state index in [-0.39, 0.29) is 5.82 Å². The molecule has 1 saturated heterocycles. The number of aryl methyl sites for hydroxylation is 1. The van der Waals surface area contributed by atoms with Crippen LogP contribution in [0.3, 0.4) is 0 Å². The van der Waals surface area contributed by atoms with Crippen LogP contribution in [0.1, 0.15) is 42.3 Å². The third-order valence-corrected chi connectivity index (χ3v) is 5.17. The molecule has 4 rings (SSSR count). The van der Waals surface area contributed by atoms with Crippen molar-refractivity contribution >= 4 is 0 Å². The summed E-state index contributed by atoms with van der Waals surface area (Å²) in [5, 5.41) is 0. The van der Waals surface area contributed by atoms with Gasteiger partial charge in [-0.25, -0.2) is 9.37 Å². The van der Waals surface area contributed by atoms with Crippen molar-refractivity contribution in [3.05, 3.63) is 53.4 Å². The van der Waals surface area contributed by atoms with Crippen molar-refractivity contribution in [1.29, 1.82) is 0 Å². The molecule has 0 spiro atoms. The van der Waals surface area contributed by atoms with E-state index < -0.39 is 0 Å². The number of likely N-dealkylation sites (tertiary alicyclic amines) is 1. The third kappa shape index (κ3) is 3.32. The highest BCUT2D eigenvalue weighted by atomic mass is 19.1. The van der Waals surface area contributed by atoms with Gasteiger partial charge in [0.25, 0.3) is 0 Å². The predicted octanol–water partition coefficient (Wildman–Crippen LogP) is 3.73. The van der Waals surface area contributed by atoms with E-state index >= 15 is 0 Å². The van der Waals surface area contributed by atoms with E-state index in [9.17, 15) is 4.39 Å². The topological polar surface area (TPSA) is 21.1 Å². The van der Waals surface area contributed by atoms with Crippen molar-refractivity contribution in [2.75, 3.05) is 13.1 Å². The molecule has 2 aliphatic rings. The van der Waals surface area contributed by atoms with Crippen molar-refractivity contribution in [2.45, 2.75) is 45.2 Å². The number of rotatable bonds is 5. The first-order chi connectivity index (χ1) is 11.2. The first kappa shape index (κ1) is 14.9. The number of hydrogen-bond donors (Lipinski definition) is 0. The Bertz CT molecular complexity index is 690. The SMILES string of the molecule is Cc1cc(CC2CCN(Cc3nccn3C3CC3)C2)ccc1F. The number of imidazole rings is 1. The van der Waals surface area contributed by atoms with Crippen LogP contribution in [0.25, 0.3) is 0 Å². The van der Waals surface area contributed by atoms with Crippen molar-refractivity contribution in [3.63, 3.8) is 0 Å². The lowest BCUT2D eigenvalue weighted by Gasteiger charge is -2.17. The van der Waals surface area contributed by atoms with Crippen molar-refractivity contribution < 1.29 is 4.39 Å². The average molecular weight is 313 g/mol. The molecule has 1 aromatic carbocycles. The molecule has 0 N–H and O–H groups in total. The molecular formula is C19H24FN3. The van der Waals surface area contributed by atoms with Gasteiger partial charge in [0.05, 0.1) is 6.54 Å². The molecule has 0 radical (unpaired) electrons. The fourth-order valence-corrected chi connectivity index (χ4v) is 3.74. The maximum absolute atomic E-state index is 13.4. The zero-order chi connectivity index (χ0) is 15.8. The van der Waals surface area contributed by atoms with Crippen LogP contribution in [0, 0.1) is 18.7 Å². The van der Waals surface area contributed by atoms with Crippen LogP contribution in [0.15, 0.2) is 30.6 Å². The normalized spacial score (nSPS) is 21.9. The molecule has 1 unspecified atom stereocenters. The molecule has 122 valence electrons. The molecular weight excluding hydrogens is 289 g/mol. The summed E-state index contributed by atoms with van der Waals surface area (Å²) in [6.45, 7) is 5.07. The molecule has 23 heavy (non-hydrogen) atoms. The molecule has 1 aliphatic carbocycles. The zero-order valence-electron chi connectivity index (χ0n) is 13.7. The molecule has 2 aromatic rings. The monoisotopic (exact) mass is 313 g/mol. The second kappa shape index (κ2) is 6.08. The average Bonchev–Trinajstić information content (AvgIpc) is 3.12. The van der Waals surface area contributed by atoms with E-state index in [0.29, 0.717) is 12.0 Å². The maximum Gasteiger partial charge on any atom is 0.126 e. The summed E-state index contributed by atoms with van der Waals surface area (Å²) < 4.78 is 15.7. The Morgan fingerprint density at radius 2 is 2.13 bits per heavy atom. The first-order valence-electron chi connectivity index (χ1n) is 8.68. The lowest BCUT2D eigenvalue weighted by atomic mass is 9.97. The van der Waals surface area contributed by atoms with Crippen molar-refractivity contribution in [3.8, 4) is 0 Å². The largest absolute Gasteiger partial charge is 0.331 e. The summed E-state index contributed by atoms with van der Waals surface area (Å²) in [5.74, 6) is 1.78. The van der Waals surface area contributed by atoms with E-state index in [1.165, 1.54) is 30.7 Å². The van der Waals surface area contributed by atoms with Crippen LogP contribution in [-0.4, -0.2) is 27.5 Å². The summed E-state index contributed by atoms with van der Waals surface area (Å²) in [6.07, 6.45) is 8.94. The van der Waals surface area contributed by atoms with Crippen LogP contribution in [0.2, 0.25) is 0 Å². The zero-order valence-corrected chi connectivity index (χ0v) is 13.7. The molecule has 0 amide bonds. The highest BCUT2D eigenvalue weighted by Crippen LogP contribution is 2.36. The standard InChI is InChI=1S/C19H24FN3/c1-14-10-15(2-5-18(14)20)11-16-6-8-22(12-16)13-19-21-7-9-23(19)17-3-4-17/h2,5,7,9-10,16-17H,3-4,6,8,11-13H2,1H3. The van der Waals surface area contributed by atoms with Gasteiger partial charge in [0, 0.05) is 25.0 Å². The van der Waals surface area contributed by atoms with E-state index in [0.717, 1.165) is 31.6 Å². The molecule has 4 heteroatoms. The Balaban J connectivity index is 1.35. The predicted molar refractivity (Wildman–Crippen MR) is 88.7 cm³/mol. The van der Waals surface area contributed by atoms with Gasteiger partial charge in [-0.05, 0) is 62.3 Å². The Labute approximate surface area is 137 Å².